The molecule has 9 heteroatoms. The van der Waals surface area contributed by atoms with Crippen LogP contribution in [-0.4, -0.2) is 48.3 Å². The molecule has 154 valence electrons. The Labute approximate surface area is 161 Å². The lowest BCUT2D eigenvalue weighted by atomic mass is 10.2. The van der Waals surface area contributed by atoms with E-state index in [1.54, 1.807) is 48.5 Å². The summed E-state index contributed by atoms with van der Waals surface area (Å²) in [6.45, 7) is 16.1. The van der Waals surface area contributed by atoms with Gasteiger partial charge in [-0.25, -0.2) is 9.59 Å². The van der Waals surface area contributed by atoms with Gasteiger partial charge < -0.3 is 14.8 Å². The van der Waals surface area contributed by atoms with Crippen LogP contribution in [0.4, 0.5) is 9.59 Å². The zero-order valence-corrected chi connectivity index (χ0v) is 17.3. The molecule has 9 nitrogen and oxygen atoms in total. The van der Waals surface area contributed by atoms with E-state index in [0.29, 0.717) is 18.5 Å². The number of nitrogens with zero attached hydrogens (tertiary/aromatic N) is 1. The molecule has 0 rings (SSSR count). The van der Waals surface area contributed by atoms with Crippen LogP contribution in [0.15, 0.2) is 17.1 Å². The first kappa shape index (κ1) is 24.4. The molecule has 0 unspecified atom stereocenters. The molecule has 0 bridgehead atoms. The number of carbonyl (C=O) groups excluding carboxylic acids is 3. The van der Waals surface area contributed by atoms with Crippen LogP contribution in [0.25, 0.3) is 0 Å². The Morgan fingerprint density at radius 2 is 1.37 bits per heavy atom. The molecule has 0 aliphatic rings. The van der Waals surface area contributed by atoms with Gasteiger partial charge in [-0.1, -0.05) is 6.58 Å². The normalized spacial score (nSPS) is 11.1. The summed E-state index contributed by atoms with van der Waals surface area (Å²) in [4.78, 5) is 39.4. The highest BCUT2D eigenvalue weighted by atomic mass is 16.6. The van der Waals surface area contributed by atoms with Crippen LogP contribution in [0, 0.1) is 0 Å². The van der Waals surface area contributed by atoms with Crippen LogP contribution in [0.5, 0.6) is 0 Å². The topological polar surface area (TPSA) is 118 Å². The maximum atomic E-state index is 11.9. The third-order valence-electron chi connectivity index (χ3n) is 2.52. The monoisotopic (exact) mass is 384 g/mol. The van der Waals surface area contributed by atoms with E-state index in [0.717, 1.165) is 0 Å². The molecule has 0 spiro atoms. The summed E-state index contributed by atoms with van der Waals surface area (Å²) in [5, 5.41) is 7.43. The second kappa shape index (κ2) is 10.5. The van der Waals surface area contributed by atoms with Crippen molar-refractivity contribution in [3.8, 4) is 0 Å². The maximum Gasteiger partial charge on any atom is 0.414 e. The summed E-state index contributed by atoms with van der Waals surface area (Å²) < 4.78 is 10.3. The largest absolute Gasteiger partial charge is 0.444 e. The number of hydrogen-bond donors (Lipinski definition) is 3. The van der Waals surface area contributed by atoms with Gasteiger partial charge in [-0.3, -0.25) is 20.4 Å². The number of amides is 3. The van der Waals surface area contributed by atoms with Crippen molar-refractivity contribution in [3.05, 3.63) is 12.2 Å². The zero-order valence-electron chi connectivity index (χ0n) is 17.3. The summed E-state index contributed by atoms with van der Waals surface area (Å²) >= 11 is 0. The minimum absolute atomic E-state index is 0.0928. The molecule has 0 aromatic rings. The highest BCUT2D eigenvalue weighted by molar-refractivity contribution is 6.01. The molecule has 0 aromatic carbocycles. The molecule has 0 heterocycles. The van der Waals surface area contributed by atoms with E-state index < -0.39 is 23.4 Å². The minimum Gasteiger partial charge on any atom is -0.444 e. The van der Waals surface area contributed by atoms with Crippen molar-refractivity contribution in [2.24, 2.45) is 4.99 Å². The van der Waals surface area contributed by atoms with E-state index in [1.807, 2.05) is 0 Å². The van der Waals surface area contributed by atoms with E-state index in [1.165, 1.54) is 0 Å². The Morgan fingerprint density at radius 1 is 0.926 bits per heavy atom. The summed E-state index contributed by atoms with van der Waals surface area (Å²) in [5.41, 5.74) is -0.987. The number of rotatable bonds is 5. The number of alkyl carbamates (subject to hydrolysis) is 2. The number of guanidine groups is 1. The molecule has 0 atom stereocenters. The first-order valence-corrected chi connectivity index (χ1v) is 8.68. The van der Waals surface area contributed by atoms with Gasteiger partial charge in [0.25, 0.3) is 0 Å². The summed E-state index contributed by atoms with van der Waals surface area (Å²) in [5.74, 6) is -0.331. The van der Waals surface area contributed by atoms with Crippen molar-refractivity contribution in [3.63, 3.8) is 0 Å². The van der Waals surface area contributed by atoms with Crippen molar-refractivity contribution in [2.75, 3.05) is 13.1 Å². The van der Waals surface area contributed by atoms with Gasteiger partial charge in [0.1, 0.15) is 11.2 Å². The lowest BCUT2D eigenvalue weighted by Crippen LogP contribution is -2.47. The first-order chi connectivity index (χ1) is 12.2. The van der Waals surface area contributed by atoms with Crippen LogP contribution in [0.2, 0.25) is 0 Å². The van der Waals surface area contributed by atoms with Gasteiger partial charge in [-0.15, -0.1) is 0 Å². The number of aliphatic imine (C=N–C) groups is 1. The number of hydrogen-bond acceptors (Lipinski definition) is 6. The average molecular weight is 384 g/mol. The molecule has 0 aromatic heterocycles. The standard InChI is InChI=1S/C18H32N4O5/c1-12(2)13(23)19-10-9-11-20-14(21-15(24)26-17(3,4)5)22-16(25)27-18(6,7)8/h1,9-11H2,2-8H3,(H,19,23)(H2,20,21,22,24,25). The van der Waals surface area contributed by atoms with Gasteiger partial charge in [0, 0.05) is 18.7 Å². The third kappa shape index (κ3) is 14.3. The summed E-state index contributed by atoms with van der Waals surface area (Å²) in [6.07, 6.45) is -1.02. The number of ether oxygens (including phenoxy) is 2. The van der Waals surface area contributed by atoms with Crippen LogP contribution in [0.1, 0.15) is 54.9 Å². The average Bonchev–Trinajstić information content (AvgIpc) is 2.41. The van der Waals surface area contributed by atoms with Crippen LogP contribution in [-0.2, 0) is 14.3 Å². The lowest BCUT2D eigenvalue weighted by Gasteiger charge is -2.22. The van der Waals surface area contributed by atoms with Crippen LogP contribution < -0.4 is 16.0 Å². The molecule has 0 aliphatic carbocycles. The number of carbonyl (C=O) groups is 3. The van der Waals surface area contributed by atoms with Crippen molar-refractivity contribution < 1.29 is 23.9 Å². The van der Waals surface area contributed by atoms with Crippen LogP contribution in [0.3, 0.4) is 0 Å². The van der Waals surface area contributed by atoms with Crippen molar-refractivity contribution in [2.45, 2.75) is 66.1 Å². The minimum atomic E-state index is -0.757. The molecule has 0 saturated heterocycles. The highest BCUT2D eigenvalue weighted by Crippen LogP contribution is 2.07. The Morgan fingerprint density at radius 3 is 1.74 bits per heavy atom. The zero-order chi connectivity index (χ0) is 21.3. The van der Waals surface area contributed by atoms with Gasteiger partial charge in [0.05, 0.1) is 0 Å². The molecule has 3 amide bonds. The number of nitrogens with one attached hydrogen (secondary N) is 3. The molecule has 0 saturated carbocycles. The fourth-order valence-electron chi connectivity index (χ4n) is 1.53. The fraction of sp³-hybridized carbons (Fsp3) is 0.667. The van der Waals surface area contributed by atoms with E-state index in [9.17, 15) is 14.4 Å². The van der Waals surface area contributed by atoms with Gasteiger partial charge in [0.15, 0.2) is 0 Å². The second-order valence-corrected chi connectivity index (χ2v) is 7.87. The second-order valence-electron chi connectivity index (χ2n) is 7.87. The van der Waals surface area contributed by atoms with Crippen molar-refractivity contribution >= 4 is 24.1 Å². The van der Waals surface area contributed by atoms with Gasteiger partial charge >= 0.3 is 12.2 Å². The Kier molecular flexibility index (Phi) is 9.53. The third-order valence-corrected chi connectivity index (χ3v) is 2.52. The van der Waals surface area contributed by atoms with Crippen LogP contribution >= 0.6 is 0 Å². The molecular weight excluding hydrogens is 352 g/mol. The molecule has 27 heavy (non-hydrogen) atoms. The smallest absolute Gasteiger partial charge is 0.414 e. The lowest BCUT2D eigenvalue weighted by molar-refractivity contribution is -0.117. The van der Waals surface area contributed by atoms with Crippen molar-refractivity contribution in [1.82, 2.24) is 16.0 Å². The Bertz CT molecular complexity index is 554. The maximum absolute atomic E-state index is 11.9. The van der Waals surface area contributed by atoms with E-state index in [4.69, 9.17) is 9.47 Å². The SMILES string of the molecule is C=C(C)C(=O)NCCCN=C(NC(=O)OC(C)(C)C)NC(=O)OC(C)(C)C. The van der Waals surface area contributed by atoms with Gasteiger partial charge in [0.2, 0.25) is 11.9 Å². The van der Waals surface area contributed by atoms with Crippen molar-refractivity contribution in [1.29, 1.82) is 0 Å². The predicted molar refractivity (Wildman–Crippen MR) is 103 cm³/mol. The van der Waals surface area contributed by atoms with E-state index in [2.05, 4.69) is 27.5 Å². The molecule has 0 aliphatic heterocycles. The van der Waals surface area contributed by atoms with E-state index in [-0.39, 0.29) is 18.4 Å². The van der Waals surface area contributed by atoms with Gasteiger partial charge in [-0.05, 0) is 54.9 Å². The molecular formula is C18H32N4O5. The summed E-state index contributed by atoms with van der Waals surface area (Å²) in [6, 6.07) is 0. The fourth-order valence-corrected chi connectivity index (χ4v) is 1.53. The molecule has 0 fully saturated rings. The van der Waals surface area contributed by atoms with Gasteiger partial charge in [-0.2, -0.15) is 0 Å². The Balaban J connectivity index is 4.80. The van der Waals surface area contributed by atoms with E-state index >= 15 is 0 Å². The first-order valence-electron chi connectivity index (χ1n) is 8.68. The quantitative estimate of drug-likeness (QED) is 0.291. The summed E-state index contributed by atoms with van der Waals surface area (Å²) in [7, 11) is 0. The Hall–Kier alpha value is -2.58. The highest BCUT2D eigenvalue weighted by Gasteiger charge is 2.21. The predicted octanol–water partition coefficient (Wildman–Crippen LogP) is 2.47. The molecule has 3 N–H and O–H groups in total. The molecule has 0 radical (unpaired) electrons.